The van der Waals surface area contributed by atoms with Crippen molar-refractivity contribution in [1.29, 1.82) is 0 Å². The van der Waals surface area contributed by atoms with Crippen molar-refractivity contribution in [2.75, 3.05) is 6.54 Å². The van der Waals surface area contributed by atoms with Crippen LogP contribution in [0.25, 0.3) is 0 Å². The first kappa shape index (κ1) is 16.5. The maximum absolute atomic E-state index is 12.7. The van der Waals surface area contributed by atoms with E-state index in [1.807, 2.05) is 17.0 Å². The van der Waals surface area contributed by atoms with E-state index in [1.54, 1.807) is 43.6 Å². The standard InChI is InChI=1S/C19H22N2O3/c1-14(22)12-16-4-3-11-21(16)19(23)15-6-8-17(9-7-15)24-18-5-2-10-20-13-18/h2,5-10,13-14,16,22H,3-4,11-12H2,1H3. The summed E-state index contributed by atoms with van der Waals surface area (Å²) >= 11 is 0. The molecule has 2 atom stereocenters. The predicted molar refractivity (Wildman–Crippen MR) is 91.1 cm³/mol. The van der Waals surface area contributed by atoms with E-state index >= 15 is 0 Å². The molecule has 5 nitrogen and oxygen atoms in total. The Morgan fingerprint density at radius 2 is 2.12 bits per heavy atom. The van der Waals surface area contributed by atoms with E-state index in [0.717, 1.165) is 19.4 Å². The molecule has 1 N–H and O–H groups in total. The van der Waals surface area contributed by atoms with Gasteiger partial charge >= 0.3 is 0 Å². The minimum atomic E-state index is -0.390. The molecule has 2 heterocycles. The van der Waals surface area contributed by atoms with E-state index in [2.05, 4.69) is 4.98 Å². The van der Waals surface area contributed by atoms with E-state index in [0.29, 0.717) is 23.5 Å². The number of aromatic nitrogens is 1. The number of pyridine rings is 1. The lowest BCUT2D eigenvalue weighted by atomic mass is 10.1. The number of aliphatic hydroxyl groups excluding tert-OH is 1. The predicted octanol–water partition coefficient (Wildman–Crippen LogP) is 3.25. The molecule has 5 heteroatoms. The molecule has 126 valence electrons. The molecule has 1 fully saturated rings. The summed E-state index contributed by atoms with van der Waals surface area (Å²) in [5.41, 5.74) is 0.644. The van der Waals surface area contributed by atoms with Gasteiger partial charge < -0.3 is 14.7 Å². The highest BCUT2D eigenvalue weighted by atomic mass is 16.5. The molecule has 0 aliphatic carbocycles. The second kappa shape index (κ2) is 7.45. The fraction of sp³-hybridized carbons (Fsp3) is 0.368. The molecule has 1 aliphatic rings. The van der Waals surface area contributed by atoms with Gasteiger partial charge in [0.15, 0.2) is 0 Å². The fourth-order valence-corrected chi connectivity index (χ4v) is 3.12. The number of amides is 1. The molecule has 2 unspecified atom stereocenters. The number of ether oxygens (including phenoxy) is 1. The average molecular weight is 326 g/mol. The van der Waals surface area contributed by atoms with Crippen LogP contribution in [-0.2, 0) is 0 Å². The van der Waals surface area contributed by atoms with Crippen LogP contribution in [0.5, 0.6) is 11.5 Å². The highest BCUT2D eigenvalue weighted by Gasteiger charge is 2.30. The van der Waals surface area contributed by atoms with Crippen LogP contribution in [0, 0.1) is 0 Å². The summed E-state index contributed by atoms with van der Waals surface area (Å²) < 4.78 is 5.69. The molecule has 0 saturated carbocycles. The Balaban J connectivity index is 1.67. The molecule has 0 radical (unpaired) electrons. The normalized spacial score (nSPS) is 18.4. The number of nitrogens with zero attached hydrogens (tertiary/aromatic N) is 2. The van der Waals surface area contributed by atoms with E-state index in [9.17, 15) is 9.90 Å². The number of rotatable bonds is 5. The zero-order valence-electron chi connectivity index (χ0n) is 13.8. The SMILES string of the molecule is CC(O)CC1CCCN1C(=O)c1ccc(Oc2cccnc2)cc1. The Morgan fingerprint density at radius 1 is 1.33 bits per heavy atom. The maximum atomic E-state index is 12.7. The van der Waals surface area contributed by atoms with Crippen molar-refractivity contribution in [3.63, 3.8) is 0 Å². The van der Waals surface area contributed by atoms with E-state index in [-0.39, 0.29) is 11.9 Å². The molecule has 24 heavy (non-hydrogen) atoms. The van der Waals surface area contributed by atoms with Crippen molar-refractivity contribution in [3.05, 3.63) is 54.4 Å². The van der Waals surface area contributed by atoms with Crippen LogP contribution < -0.4 is 4.74 Å². The lowest BCUT2D eigenvalue weighted by molar-refractivity contribution is 0.0682. The van der Waals surface area contributed by atoms with Crippen LogP contribution in [0.3, 0.4) is 0 Å². The lowest BCUT2D eigenvalue weighted by Gasteiger charge is -2.25. The molecule has 0 spiro atoms. The number of carbonyl (C=O) groups excluding carboxylic acids is 1. The van der Waals surface area contributed by atoms with Gasteiger partial charge in [0.1, 0.15) is 11.5 Å². The molecule has 3 rings (SSSR count). The third-order valence-electron chi connectivity index (χ3n) is 4.22. The largest absolute Gasteiger partial charge is 0.456 e. The third kappa shape index (κ3) is 3.92. The average Bonchev–Trinajstić information content (AvgIpc) is 3.03. The van der Waals surface area contributed by atoms with Crippen molar-refractivity contribution in [2.45, 2.75) is 38.3 Å². The van der Waals surface area contributed by atoms with Gasteiger partial charge in [-0.1, -0.05) is 0 Å². The van der Waals surface area contributed by atoms with Crippen molar-refractivity contribution in [3.8, 4) is 11.5 Å². The second-order valence-electron chi connectivity index (χ2n) is 6.19. The zero-order valence-corrected chi connectivity index (χ0v) is 13.8. The topological polar surface area (TPSA) is 62.7 Å². The van der Waals surface area contributed by atoms with Crippen molar-refractivity contribution in [1.82, 2.24) is 9.88 Å². The number of benzene rings is 1. The van der Waals surface area contributed by atoms with Gasteiger partial charge in [-0.2, -0.15) is 0 Å². The molecule has 1 aliphatic heterocycles. The summed E-state index contributed by atoms with van der Waals surface area (Å²) in [4.78, 5) is 18.6. The Morgan fingerprint density at radius 3 is 2.79 bits per heavy atom. The van der Waals surface area contributed by atoms with Crippen molar-refractivity contribution in [2.24, 2.45) is 0 Å². The molecule has 0 bridgehead atoms. The van der Waals surface area contributed by atoms with Crippen molar-refractivity contribution < 1.29 is 14.6 Å². The zero-order chi connectivity index (χ0) is 16.9. The van der Waals surface area contributed by atoms with Gasteiger partial charge in [-0.25, -0.2) is 0 Å². The minimum absolute atomic E-state index is 0.0195. The molecule has 1 amide bonds. The quantitative estimate of drug-likeness (QED) is 0.916. The van der Waals surface area contributed by atoms with Crippen LogP contribution in [0.1, 0.15) is 36.5 Å². The molecule has 2 aromatic rings. The highest BCUT2D eigenvalue weighted by Crippen LogP contribution is 2.25. The maximum Gasteiger partial charge on any atom is 0.254 e. The number of carbonyl (C=O) groups is 1. The number of hydrogen-bond donors (Lipinski definition) is 1. The first-order valence-electron chi connectivity index (χ1n) is 8.30. The van der Waals surface area contributed by atoms with Gasteiger partial charge in [0.25, 0.3) is 5.91 Å². The molecule has 1 saturated heterocycles. The van der Waals surface area contributed by atoms with Gasteiger partial charge in [-0.3, -0.25) is 9.78 Å². The Kier molecular flexibility index (Phi) is 5.11. The van der Waals surface area contributed by atoms with Crippen LogP contribution in [-0.4, -0.2) is 39.6 Å². The summed E-state index contributed by atoms with van der Waals surface area (Å²) in [5, 5.41) is 9.60. The van der Waals surface area contributed by atoms with E-state index < -0.39 is 6.10 Å². The Labute approximate surface area is 141 Å². The molecular formula is C19H22N2O3. The Hall–Kier alpha value is -2.40. The second-order valence-corrected chi connectivity index (χ2v) is 6.19. The molecule has 1 aromatic carbocycles. The van der Waals surface area contributed by atoms with E-state index in [1.165, 1.54) is 0 Å². The number of aliphatic hydroxyl groups is 1. The molecule has 1 aromatic heterocycles. The van der Waals surface area contributed by atoms with E-state index in [4.69, 9.17) is 4.74 Å². The van der Waals surface area contributed by atoms with Gasteiger partial charge in [0, 0.05) is 24.3 Å². The van der Waals surface area contributed by atoms with Crippen molar-refractivity contribution >= 4 is 5.91 Å². The highest BCUT2D eigenvalue weighted by molar-refractivity contribution is 5.94. The summed E-state index contributed by atoms with van der Waals surface area (Å²) in [7, 11) is 0. The van der Waals surface area contributed by atoms with Crippen LogP contribution in [0.4, 0.5) is 0 Å². The van der Waals surface area contributed by atoms with Gasteiger partial charge in [-0.05, 0) is 62.6 Å². The minimum Gasteiger partial charge on any atom is -0.456 e. The van der Waals surface area contributed by atoms with Gasteiger partial charge in [0.05, 0.1) is 12.3 Å². The fourth-order valence-electron chi connectivity index (χ4n) is 3.12. The first-order valence-corrected chi connectivity index (χ1v) is 8.30. The smallest absolute Gasteiger partial charge is 0.254 e. The van der Waals surface area contributed by atoms with Crippen LogP contribution in [0.2, 0.25) is 0 Å². The van der Waals surface area contributed by atoms with Crippen LogP contribution in [0.15, 0.2) is 48.8 Å². The first-order chi connectivity index (χ1) is 11.6. The summed E-state index contributed by atoms with van der Waals surface area (Å²) in [6, 6.07) is 10.9. The number of hydrogen-bond acceptors (Lipinski definition) is 4. The monoisotopic (exact) mass is 326 g/mol. The molecular weight excluding hydrogens is 304 g/mol. The summed E-state index contributed by atoms with van der Waals surface area (Å²) in [6.45, 7) is 2.52. The van der Waals surface area contributed by atoms with Gasteiger partial charge in [0.2, 0.25) is 0 Å². The summed E-state index contributed by atoms with van der Waals surface area (Å²) in [6.07, 6.45) is 5.52. The Bertz CT molecular complexity index is 671. The number of likely N-dealkylation sites (tertiary alicyclic amines) is 1. The lowest BCUT2D eigenvalue weighted by Crippen LogP contribution is -2.37. The van der Waals surface area contributed by atoms with Gasteiger partial charge in [-0.15, -0.1) is 0 Å². The van der Waals surface area contributed by atoms with Crippen LogP contribution >= 0.6 is 0 Å². The third-order valence-corrected chi connectivity index (χ3v) is 4.22. The summed E-state index contributed by atoms with van der Waals surface area (Å²) in [5.74, 6) is 1.35.